The Balaban J connectivity index is 2.27. The minimum absolute atomic E-state index is 0.0192. The van der Waals surface area contributed by atoms with Crippen LogP contribution in [0.4, 0.5) is 0 Å². The number of carbonyl (C=O) groups excluding carboxylic acids is 3. The molecular weight excluding hydrogens is 324 g/mol. The van der Waals surface area contributed by atoms with Crippen molar-refractivity contribution >= 4 is 17.9 Å². The van der Waals surface area contributed by atoms with Crippen LogP contribution in [0.1, 0.15) is 32.8 Å². The number of carbonyl (C=O) groups is 3. The summed E-state index contributed by atoms with van der Waals surface area (Å²) < 4.78 is 16.0. The molecule has 0 bridgehead atoms. The second kappa shape index (κ2) is 8.65. The minimum Gasteiger partial charge on any atom is -0.462 e. The Bertz CT molecular complexity index is 610. The molecule has 1 heterocycles. The summed E-state index contributed by atoms with van der Waals surface area (Å²) in [5, 5.41) is 0. The van der Waals surface area contributed by atoms with Gasteiger partial charge in [0.25, 0.3) is 0 Å². The van der Waals surface area contributed by atoms with Crippen molar-refractivity contribution in [3.63, 3.8) is 0 Å². The van der Waals surface area contributed by atoms with E-state index < -0.39 is 36.0 Å². The number of rotatable bonds is 4. The van der Waals surface area contributed by atoms with E-state index in [1.165, 1.54) is 0 Å². The van der Waals surface area contributed by atoms with Gasteiger partial charge in [0, 0.05) is 0 Å². The summed E-state index contributed by atoms with van der Waals surface area (Å²) in [5.74, 6) is -2.50. The predicted octanol–water partition coefficient (Wildman–Crippen LogP) is 2.29. The van der Waals surface area contributed by atoms with Crippen LogP contribution in [0.25, 0.3) is 0 Å². The molecule has 1 fully saturated rings. The van der Waals surface area contributed by atoms with Gasteiger partial charge in [0.05, 0.1) is 12.3 Å². The summed E-state index contributed by atoms with van der Waals surface area (Å²) in [6, 6.07) is 9.39. The van der Waals surface area contributed by atoms with Gasteiger partial charge in [-0.25, -0.2) is 0 Å². The number of ether oxygens (including phenoxy) is 3. The van der Waals surface area contributed by atoms with Crippen molar-refractivity contribution < 1.29 is 28.6 Å². The summed E-state index contributed by atoms with van der Waals surface area (Å²) in [6.45, 7) is 4.89. The maximum atomic E-state index is 12.6. The van der Waals surface area contributed by atoms with E-state index in [9.17, 15) is 14.4 Å². The molecule has 0 aromatic heterocycles. The summed E-state index contributed by atoms with van der Waals surface area (Å²) >= 11 is 0. The molecule has 6 nitrogen and oxygen atoms in total. The Morgan fingerprint density at radius 2 is 1.92 bits per heavy atom. The van der Waals surface area contributed by atoms with Gasteiger partial charge in [0.2, 0.25) is 0 Å². The van der Waals surface area contributed by atoms with E-state index in [1.807, 2.05) is 30.3 Å². The average Bonchev–Trinajstić information content (AvgIpc) is 2.60. The zero-order chi connectivity index (χ0) is 18.4. The molecule has 3 unspecified atom stereocenters. The number of esters is 3. The highest BCUT2D eigenvalue weighted by atomic mass is 16.6. The zero-order valence-corrected chi connectivity index (χ0v) is 14.8. The van der Waals surface area contributed by atoms with Crippen molar-refractivity contribution in [2.24, 2.45) is 11.8 Å². The number of cyclic esters (lactones) is 2. The number of benzene rings is 1. The average molecular weight is 348 g/mol. The Morgan fingerprint density at radius 3 is 2.56 bits per heavy atom. The molecule has 0 amide bonds. The second-order valence-corrected chi connectivity index (χ2v) is 6.56. The zero-order valence-electron chi connectivity index (χ0n) is 14.8. The Kier molecular flexibility index (Phi) is 6.56. The third-order valence-electron chi connectivity index (χ3n) is 3.97. The molecule has 3 atom stereocenters. The van der Waals surface area contributed by atoms with E-state index >= 15 is 0 Å². The Morgan fingerprint density at radius 1 is 1.24 bits per heavy atom. The first-order valence-corrected chi connectivity index (χ1v) is 8.47. The molecule has 0 N–H and O–H groups in total. The first kappa shape index (κ1) is 19.0. The normalized spacial score (nSPS) is 24.6. The van der Waals surface area contributed by atoms with Gasteiger partial charge < -0.3 is 14.2 Å². The van der Waals surface area contributed by atoms with Gasteiger partial charge in [0.15, 0.2) is 0 Å². The predicted molar refractivity (Wildman–Crippen MR) is 89.5 cm³/mol. The van der Waals surface area contributed by atoms with Gasteiger partial charge in [-0.1, -0.05) is 44.2 Å². The standard InChI is InChI=1S/C19H24O6/c1-12(2)18(21)25-16-11-23-17(20)9-13(3)24-19(22)15(16)10-14-7-5-4-6-8-14/h4-8,12-13,15-16H,9-11H2,1-3H3. The number of hydrogen-bond donors (Lipinski definition) is 0. The van der Waals surface area contributed by atoms with Crippen LogP contribution in [-0.2, 0) is 35.0 Å². The second-order valence-electron chi connectivity index (χ2n) is 6.56. The van der Waals surface area contributed by atoms with Crippen LogP contribution in [0.3, 0.4) is 0 Å². The van der Waals surface area contributed by atoms with E-state index in [0.717, 1.165) is 5.56 Å². The van der Waals surface area contributed by atoms with Crippen molar-refractivity contribution in [2.75, 3.05) is 6.61 Å². The summed E-state index contributed by atoms with van der Waals surface area (Å²) in [5.41, 5.74) is 0.910. The lowest BCUT2D eigenvalue weighted by Gasteiger charge is -2.25. The van der Waals surface area contributed by atoms with Crippen LogP contribution < -0.4 is 0 Å². The van der Waals surface area contributed by atoms with Crippen LogP contribution in [0.15, 0.2) is 30.3 Å². The molecule has 0 spiro atoms. The van der Waals surface area contributed by atoms with Crippen LogP contribution in [0.5, 0.6) is 0 Å². The van der Waals surface area contributed by atoms with Crippen LogP contribution >= 0.6 is 0 Å². The molecule has 1 aliphatic heterocycles. The lowest BCUT2D eigenvalue weighted by molar-refractivity contribution is -0.169. The fourth-order valence-corrected chi connectivity index (χ4v) is 2.55. The molecule has 136 valence electrons. The molecular formula is C19H24O6. The Hall–Kier alpha value is -2.37. The summed E-state index contributed by atoms with van der Waals surface area (Å²) in [7, 11) is 0. The van der Waals surface area contributed by atoms with Crippen LogP contribution in [0, 0.1) is 11.8 Å². The quantitative estimate of drug-likeness (QED) is 0.614. The van der Waals surface area contributed by atoms with Gasteiger partial charge in [-0.15, -0.1) is 0 Å². The molecule has 1 aromatic carbocycles. The molecule has 0 saturated carbocycles. The van der Waals surface area contributed by atoms with Crippen molar-refractivity contribution in [1.82, 2.24) is 0 Å². The summed E-state index contributed by atoms with van der Waals surface area (Å²) in [6.07, 6.45) is -1.15. The SMILES string of the molecule is CC1CC(=O)OCC(OC(=O)C(C)C)C(Cc2ccccc2)C(=O)O1. The van der Waals surface area contributed by atoms with Gasteiger partial charge in [-0.05, 0) is 18.9 Å². The fraction of sp³-hybridized carbons (Fsp3) is 0.526. The fourth-order valence-electron chi connectivity index (χ4n) is 2.55. The third kappa shape index (κ3) is 5.59. The molecule has 25 heavy (non-hydrogen) atoms. The van der Waals surface area contributed by atoms with Gasteiger partial charge >= 0.3 is 17.9 Å². The van der Waals surface area contributed by atoms with Gasteiger partial charge in [-0.3, -0.25) is 14.4 Å². The third-order valence-corrected chi connectivity index (χ3v) is 3.97. The molecule has 1 saturated heterocycles. The monoisotopic (exact) mass is 348 g/mol. The Labute approximate surface area is 147 Å². The van der Waals surface area contributed by atoms with E-state index in [-0.39, 0.29) is 18.9 Å². The molecule has 1 aliphatic rings. The van der Waals surface area contributed by atoms with E-state index in [0.29, 0.717) is 6.42 Å². The van der Waals surface area contributed by atoms with Gasteiger partial charge in [0.1, 0.15) is 24.7 Å². The first-order chi connectivity index (χ1) is 11.9. The lowest BCUT2D eigenvalue weighted by atomic mass is 9.94. The van der Waals surface area contributed by atoms with E-state index in [4.69, 9.17) is 14.2 Å². The van der Waals surface area contributed by atoms with Crippen molar-refractivity contribution in [3.05, 3.63) is 35.9 Å². The lowest BCUT2D eigenvalue weighted by Crippen LogP contribution is -2.39. The van der Waals surface area contributed by atoms with Crippen molar-refractivity contribution in [3.8, 4) is 0 Å². The maximum Gasteiger partial charge on any atom is 0.313 e. The smallest absolute Gasteiger partial charge is 0.313 e. The molecule has 0 radical (unpaired) electrons. The highest BCUT2D eigenvalue weighted by Gasteiger charge is 2.37. The highest BCUT2D eigenvalue weighted by Crippen LogP contribution is 2.22. The largest absolute Gasteiger partial charge is 0.462 e. The first-order valence-electron chi connectivity index (χ1n) is 8.47. The van der Waals surface area contributed by atoms with Crippen molar-refractivity contribution in [1.29, 1.82) is 0 Å². The van der Waals surface area contributed by atoms with E-state index in [1.54, 1.807) is 20.8 Å². The highest BCUT2D eigenvalue weighted by molar-refractivity contribution is 5.77. The van der Waals surface area contributed by atoms with Crippen molar-refractivity contribution in [2.45, 2.75) is 45.8 Å². The number of hydrogen-bond acceptors (Lipinski definition) is 6. The molecule has 6 heteroatoms. The molecule has 0 aliphatic carbocycles. The molecule has 1 aromatic rings. The topological polar surface area (TPSA) is 78.9 Å². The minimum atomic E-state index is -0.878. The van der Waals surface area contributed by atoms with Crippen LogP contribution in [0.2, 0.25) is 0 Å². The van der Waals surface area contributed by atoms with Crippen LogP contribution in [-0.4, -0.2) is 36.7 Å². The van der Waals surface area contributed by atoms with Gasteiger partial charge in [-0.2, -0.15) is 0 Å². The molecule has 2 rings (SSSR count). The van der Waals surface area contributed by atoms with E-state index in [2.05, 4.69) is 0 Å². The summed E-state index contributed by atoms with van der Waals surface area (Å²) in [4.78, 5) is 36.4. The maximum absolute atomic E-state index is 12.6.